The minimum absolute atomic E-state index is 0.0255. The van der Waals surface area contributed by atoms with Crippen LogP contribution in [0.2, 0.25) is 0 Å². The molecule has 0 N–H and O–H groups in total. The van der Waals surface area contributed by atoms with Gasteiger partial charge < -0.3 is 4.42 Å². The summed E-state index contributed by atoms with van der Waals surface area (Å²) >= 11 is 0. The number of hydrogen-bond donors (Lipinski definition) is 0. The van der Waals surface area contributed by atoms with Crippen LogP contribution in [0, 0.1) is 19.1 Å². The normalized spacial score (nSPS) is 16.9. The lowest BCUT2D eigenvalue weighted by Crippen LogP contribution is -2.09. The maximum absolute atomic E-state index is 8.97. The summed E-state index contributed by atoms with van der Waals surface area (Å²) in [7, 11) is 0. The molecule has 36 heavy (non-hydrogen) atoms. The second kappa shape index (κ2) is 8.34. The first kappa shape index (κ1) is 14.6. The maximum Gasteiger partial charge on any atom is 0.144 e. The number of pyridine rings is 1. The van der Waals surface area contributed by atoms with Gasteiger partial charge in [0.2, 0.25) is 0 Å². The van der Waals surface area contributed by atoms with E-state index in [1.807, 2.05) is 48.5 Å². The molecule has 0 spiro atoms. The van der Waals surface area contributed by atoms with Crippen LogP contribution in [0.4, 0.5) is 0 Å². The third kappa shape index (κ3) is 3.87. The van der Waals surface area contributed by atoms with Gasteiger partial charge in [-0.3, -0.25) is 4.98 Å². The van der Waals surface area contributed by atoms with Crippen LogP contribution in [0.15, 0.2) is 89.5 Å². The van der Waals surface area contributed by atoms with Crippen molar-refractivity contribution in [3.8, 4) is 22.4 Å². The Kier molecular flexibility index (Phi) is 3.38. The number of aryl methyl sites for hydroxylation is 2. The van der Waals surface area contributed by atoms with Gasteiger partial charge >= 0.3 is 0 Å². The Labute approximate surface area is 225 Å². The molecular weight excluding hydrogens is 438 g/mol. The summed E-state index contributed by atoms with van der Waals surface area (Å²) in [6, 6.07) is 21.3. The minimum Gasteiger partial charge on any atom is -0.455 e. The predicted molar refractivity (Wildman–Crippen MR) is 153 cm³/mol. The standard InChI is InChI=1S/C34H31NO/c1-21-17-23(19-34(3,4)5)13-15-25(21)30-18-31(35-20-22(30)2)29-12-8-11-27-28-16-14-24-9-6-7-10-26(24)32(28)36-33(27)29/h6-18,20H,19H2,1-5H3/i1D3,2D3,15D,19D2. The van der Waals surface area contributed by atoms with Crippen molar-refractivity contribution >= 4 is 32.7 Å². The number of fused-ring (bicyclic) bond motifs is 5. The van der Waals surface area contributed by atoms with Crippen molar-refractivity contribution in [1.29, 1.82) is 0 Å². The summed E-state index contributed by atoms with van der Waals surface area (Å²) in [4.78, 5) is 4.51. The molecule has 6 aromatic rings. The van der Waals surface area contributed by atoms with E-state index in [0.717, 1.165) is 21.5 Å². The smallest absolute Gasteiger partial charge is 0.144 e. The molecule has 0 radical (unpaired) electrons. The molecule has 6 rings (SSSR count). The molecule has 0 aliphatic rings. The van der Waals surface area contributed by atoms with Gasteiger partial charge in [-0.1, -0.05) is 81.4 Å². The van der Waals surface area contributed by atoms with Crippen LogP contribution >= 0.6 is 0 Å². The molecule has 0 aliphatic heterocycles. The quantitative estimate of drug-likeness (QED) is 0.253. The first-order valence-corrected chi connectivity index (χ1v) is 11.9. The average Bonchev–Trinajstić information content (AvgIpc) is 3.34. The van der Waals surface area contributed by atoms with Gasteiger partial charge in [-0.25, -0.2) is 0 Å². The maximum atomic E-state index is 8.97. The van der Waals surface area contributed by atoms with Crippen LogP contribution < -0.4 is 0 Å². The Morgan fingerprint density at radius 1 is 0.806 bits per heavy atom. The summed E-state index contributed by atoms with van der Waals surface area (Å²) in [5, 5.41) is 3.72. The Morgan fingerprint density at radius 2 is 1.61 bits per heavy atom. The largest absolute Gasteiger partial charge is 0.455 e. The second-order valence-corrected chi connectivity index (χ2v) is 10.1. The summed E-state index contributed by atoms with van der Waals surface area (Å²) in [5.74, 6) is 0. The first-order valence-electron chi connectivity index (χ1n) is 16.4. The Bertz CT molecular complexity index is 2120. The van der Waals surface area contributed by atoms with Gasteiger partial charge in [-0.2, -0.15) is 0 Å². The molecule has 2 heteroatoms. The van der Waals surface area contributed by atoms with Gasteiger partial charge in [0.1, 0.15) is 11.2 Å². The van der Waals surface area contributed by atoms with Crippen LogP contribution in [0.25, 0.3) is 55.1 Å². The molecule has 0 saturated heterocycles. The SMILES string of the molecule is [2H]c1cc(C([2H])([2H])C(C)(C)C)cc(C([2H])([2H])[2H])c1-c1cc(-c2cccc3c2oc2c4ccccc4ccc32)ncc1C([2H])([2H])[2H]. The van der Waals surface area contributed by atoms with Crippen molar-refractivity contribution in [3.63, 3.8) is 0 Å². The van der Waals surface area contributed by atoms with E-state index >= 15 is 0 Å². The van der Waals surface area contributed by atoms with Gasteiger partial charge in [0.05, 0.1) is 7.06 Å². The van der Waals surface area contributed by atoms with Crippen molar-refractivity contribution in [2.45, 2.75) is 40.8 Å². The summed E-state index contributed by atoms with van der Waals surface area (Å²) in [6.07, 6.45) is -0.766. The molecular formula is C34H31NO. The van der Waals surface area contributed by atoms with Crippen LogP contribution in [-0.2, 0) is 6.37 Å². The number of nitrogens with zero attached hydrogens (tertiary/aromatic N) is 1. The first-order chi connectivity index (χ1) is 20.9. The minimum atomic E-state index is -2.77. The number of furan rings is 1. The van der Waals surface area contributed by atoms with Crippen LogP contribution in [0.1, 0.15) is 49.8 Å². The fourth-order valence-electron chi connectivity index (χ4n) is 4.76. The van der Waals surface area contributed by atoms with E-state index in [1.165, 1.54) is 24.4 Å². The molecule has 178 valence electrons. The van der Waals surface area contributed by atoms with Crippen molar-refractivity contribution in [3.05, 3.63) is 102 Å². The average molecular weight is 479 g/mol. The van der Waals surface area contributed by atoms with Crippen LogP contribution in [0.3, 0.4) is 0 Å². The highest BCUT2D eigenvalue weighted by Crippen LogP contribution is 2.39. The molecule has 0 fully saturated rings. The summed E-state index contributed by atoms with van der Waals surface area (Å²) < 4.78 is 82.7. The third-order valence-corrected chi connectivity index (χ3v) is 6.30. The van der Waals surface area contributed by atoms with E-state index < -0.39 is 25.5 Å². The topological polar surface area (TPSA) is 26.0 Å². The van der Waals surface area contributed by atoms with Crippen molar-refractivity contribution in [2.75, 3.05) is 0 Å². The lowest BCUT2D eigenvalue weighted by Gasteiger charge is -2.19. The number of para-hydroxylation sites is 1. The molecule has 0 saturated carbocycles. The molecule has 2 heterocycles. The van der Waals surface area contributed by atoms with Gasteiger partial charge in [-0.15, -0.1) is 0 Å². The number of benzene rings is 4. The number of rotatable bonds is 3. The summed E-state index contributed by atoms with van der Waals surface area (Å²) in [5.41, 5.74) is 0.727. The molecule has 0 aliphatic carbocycles. The van der Waals surface area contributed by atoms with Crippen LogP contribution in [0.5, 0.6) is 0 Å². The lowest BCUT2D eigenvalue weighted by molar-refractivity contribution is 0.411. The van der Waals surface area contributed by atoms with E-state index in [4.69, 9.17) is 16.8 Å². The zero-order valence-corrected chi connectivity index (χ0v) is 20.4. The highest BCUT2D eigenvalue weighted by atomic mass is 16.3. The summed E-state index contributed by atoms with van der Waals surface area (Å²) in [6.45, 7) is -0.360. The van der Waals surface area contributed by atoms with Crippen molar-refractivity contribution in [2.24, 2.45) is 5.41 Å². The van der Waals surface area contributed by atoms with E-state index in [9.17, 15) is 0 Å². The van der Waals surface area contributed by atoms with Gasteiger partial charge in [0.15, 0.2) is 0 Å². The second-order valence-electron chi connectivity index (χ2n) is 10.1. The molecule has 0 amide bonds. The Hall–Kier alpha value is -3.91. The fourth-order valence-corrected chi connectivity index (χ4v) is 4.76. The Morgan fingerprint density at radius 3 is 2.44 bits per heavy atom. The lowest BCUT2D eigenvalue weighted by atomic mass is 9.86. The van der Waals surface area contributed by atoms with Crippen molar-refractivity contribution in [1.82, 2.24) is 4.98 Å². The van der Waals surface area contributed by atoms with E-state index in [-0.39, 0.29) is 33.9 Å². The van der Waals surface area contributed by atoms with E-state index in [2.05, 4.69) is 4.98 Å². The number of aromatic nitrogens is 1. The highest BCUT2D eigenvalue weighted by molar-refractivity contribution is 6.17. The van der Waals surface area contributed by atoms with Gasteiger partial charge in [0, 0.05) is 38.9 Å². The Balaban J connectivity index is 1.65. The zero-order chi connectivity index (χ0) is 32.7. The van der Waals surface area contributed by atoms with Gasteiger partial charge in [0.25, 0.3) is 0 Å². The molecule has 0 unspecified atom stereocenters. The molecule has 4 aromatic carbocycles. The van der Waals surface area contributed by atoms with Crippen molar-refractivity contribution < 1.29 is 16.8 Å². The van der Waals surface area contributed by atoms with E-state index in [0.29, 0.717) is 22.4 Å². The predicted octanol–water partition coefficient (Wildman–Crippen LogP) is 9.67. The molecule has 2 nitrogen and oxygen atoms in total. The zero-order valence-electron chi connectivity index (χ0n) is 29.4. The molecule has 0 atom stereocenters. The molecule has 2 aromatic heterocycles. The highest BCUT2D eigenvalue weighted by Gasteiger charge is 2.17. The van der Waals surface area contributed by atoms with Crippen LogP contribution in [-0.4, -0.2) is 4.98 Å². The monoisotopic (exact) mass is 478 g/mol. The number of hydrogen-bond acceptors (Lipinski definition) is 2. The molecule has 0 bridgehead atoms. The third-order valence-electron chi connectivity index (χ3n) is 6.30. The fraction of sp³-hybridized carbons (Fsp3) is 0.206. The van der Waals surface area contributed by atoms with E-state index in [1.54, 1.807) is 26.8 Å². The van der Waals surface area contributed by atoms with Gasteiger partial charge in [-0.05, 0) is 76.9 Å².